The van der Waals surface area contributed by atoms with Gasteiger partial charge in [0.1, 0.15) is 0 Å². The van der Waals surface area contributed by atoms with Gasteiger partial charge < -0.3 is 5.73 Å². The molecule has 0 aromatic heterocycles. The largest absolute Gasteiger partial charge is 0.350 e. The molecule has 3 N–H and O–H groups in total. The lowest BCUT2D eigenvalue weighted by Crippen LogP contribution is -2.43. The third-order valence-corrected chi connectivity index (χ3v) is 2.14. The molecule has 1 aromatic carbocycles. The van der Waals surface area contributed by atoms with E-state index in [1.807, 2.05) is 24.3 Å². The molecule has 2 amide bonds. The Balaban J connectivity index is 2.24. The average Bonchev–Trinajstić information content (AvgIpc) is 2.17. The lowest BCUT2D eigenvalue weighted by Gasteiger charge is -2.28. The van der Waals surface area contributed by atoms with Gasteiger partial charge in [-0.25, -0.2) is 9.80 Å². The monoisotopic (exact) mass is 177 g/mol. The highest BCUT2D eigenvalue weighted by atomic mass is 16.2. The molecule has 0 saturated heterocycles. The van der Waals surface area contributed by atoms with Crippen LogP contribution in [0.2, 0.25) is 0 Å². The van der Waals surface area contributed by atoms with Gasteiger partial charge in [0.25, 0.3) is 0 Å². The minimum atomic E-state index is -0.436. The van der Waals surface area contributed by atoms with Crippen molar-refractivity contribution in [1.29, 1.82) is 0 Å². The first-order valence-electron chi connectivity index (χ1n) is 4.19. The van der Waals surface area contributed by atoms with Crippen molar-refractivity contribution in [2.75, 3.05) is 12.0 Å². The maximum atomic E-state index is 10.8. The summed E-state index contributed by atoms with van der Waals surface area (Å²) < 4.78 is 0. The molecular formula is C9H11N3O. The SMILES string of the molecule is NC(=O)N1CCc2ccccc2N1. The number of nitrogens with zero attached hydrogens (tertiary/aromatic N) is 1. The van der Waals surface area contributed by atoms with Gasteiger partial charge in [-0.15, -0.1) is 0 Å². The normalized spacial score (nSPS) is 14.6. The average molecular weight is 177 g/mol. The molecule has 0 unspecified atom stereocenters. The molecule has 0 bridgehead atoms. The Bertz CT molecular complexity index is 337. The molecule has 2 rings (SSSR count). The van der Waals surface area contributed by atoms with Crippen LogP contribution in [0.1, 0.15) is 5.56 Å². The number of nitrogens with one attached hydrogen (secondary N) is 1. The van der Waals surface area contributed by atoms with Crippen molar-refractivity contribution in [1.82, 2.24) is 5.01 Å². The highest BCUT2D eigenvalue weighted by Gasteiger charge is 2.16. The Hall–Kier alpha value is -1.71. The summed E-state index contributed by atoms with van der Waals surface area (Å²) in [6.45, 7) is 0.631. The molecule has 13 heavy (non-hydrogen) atoms. The molecular weight excluding hydrogens is 166 g/mol. The summed E-state index contributed by atoms with van der Waals surface area (Å²) >= 11 is 0. The fourth-order valence-electron chi connectivity index (χ4n) is 1.45. The summed E-state index contributed by atoms with van der Waals surface area (Å²) in [6.07, 6.45) is 0.853. The molecule has 4 nitrogen and oxygen atoms in total. The van der Waals surface area contributed by atoms with E-state index < -0.39 is 6.03 Å². The fraction of sp³-hybridized carbons (Fsp3) is 0.222. The number of nitrogens with two attached hydrogens (primary N) is 1. The van der Waals surface area contributed by atoms with Crippen LogP contribution in [0, 0.1) is 0 Å². The van der Waals surface area contributed by atoms with Crippen molar-refractivity contribution >= 4 is 11.7 Å². The lowest BCUT2D eigenvalue weighted by molar-refractivity contribution is 0.217. The lowest BCUT2D eigenvalue weighted by atomic mass is 10.1. The van der Waals surface area contributed by atoms with Crippen LogP contribution in [0.25, 0.3) is 0 Å². The van der Waals surface area contributed by atoms with E-state index in [2.05, 4.69) is 5.43 Å². The first-order valence-corrected chi connectivity index (χ1v) is 4.19. The zero-order valence-corrected chi connectivity index (χ0v) is 7.16. The van der Waals surface area contributed by atoms with E-state index >= 15 is 0 Å². The number of amides is 2. The standard InChI is InChI=1S/C9H11N3O/c10-9(13)12-6-5-7-3-1-2-4-8(7)11-12/h1-4,11H,5-6H2,(H2,10,13). The molecule has 4 heteroatoms. The van der Waals surface area contributed by atoms with Gasteiger partial charge in [0, 0.05) is 6.54 Å². The summed E-state index contributed by atoms with van der Waals surface area (Å²) in [4.78, 5) is 10.8. The zero-order valence-electron chi connectivity index (χ0n) is 7.16. The van der Waals surface area contributed by atoms with Crippen LogP contribution in [0.4, 0.5) is 10.5 Å². The molecule has 1 aromatic rings. The van der Waals surface area contributed by atoms with Crippen LogP contribution in [0.5, 0.6) is 0 Å². The number of anilines is 1. The van der Waals surface area contributed by atoms with E-state index in [9.17, 15) is 4.79 Å². The van der Waals surface area contributed by atoms with Crippen LogP contribution >= 0.6 is 0 Å². The second kappa shape index (κ2) is 2.97. The van der Waals surface area contributed by atoms with E-state index in [1.54, 1.807) is 0 Å². The predicted octanol–water partition coefficient (Wildman–Crippen LogP) is 0.950. The Morgan fingerprint density at radius 3 is 3.00 bits per heavy atom. The molecule has 0 spiro atoms. The quantitative estimate of drug-likeness (QED) is 0.619. The van der Waals surface area contributed by atoms with Gasteiger partial charge in [0.2, 0.25) is 0 Å². The second-order valence-electron chi connectivity index (χ2n) is 3.01. The van der Waals surface area contributed by atoms with Crippen molar-refractivity contribution in [3.8, 4) is 0 Å². The third kappa shape index (κ3) is 1.42. The van der Waals surface area contributed by atoms with Gasteiger partial charge in [-0.3, -0.25) is 5.43 Å². The number of carbonyl (C=O) groups excluding carboxylic acids is 1. The summed E-state index contributed by atoms with van der Waals surface area (Å²) in [6, 6.07) is 7.46. The topological polar surface area (TPSA) is 58.4 Å². The van der Waals surface area contributed by atoms with E-state index in [1.165, 1.54) is 10.6 Å². The van der Waals surface area contributed by atoms with Gasteiger partial charge in [-0.05, 0) is 18.1 Å². The molecule has 1 heterocycles. The first kappa shape index (κ1) is 7.91. The van der Waals surface area contributed by atoms with Crippen molar-refractivity contribution in [2.24, 2.45) is 5.73 Å². The molecule has 0 saturated carbocycles. The van der Waals surface area contributed by atoms with Gasteiger partial charge in [0.15, 0.2) is 0 Å². The molecule has 1 aliphatic rings. The summed E-state index contributed by atoms with van der Waals surface area (Å²) in [7, 11) is 0. The number of rotatable bonds is 0. The number of carbonyl (C=O) groups is 1. The summed E-state index contributed by atoms with van der Waals surface area (Å²) in [5.41, 5.74) is 10.3. The first-order chi connectivity index (χ1) is 6.27. The Morgan fingerprint density at radius 2 is 2.23 bits per heavy atom. The van der Waals surface area contributed by atoms with Crippen molar-refractivity contribution in [3.63, 3.8) is 0 Å². The number of fused-ring (bicyclic) bond motifs is 1. The van der Waals surface area contributed by atoms with Gasteiger partial charge >= 0.3 is 6.03 Å². The highest BCUT2D eigenvalue weighted by molar-refractivity contribution is 5.75. The van der Waals surface area contributed by atoms with Crippen LogP contribution in [-0.4, -0.2) is 17.6 Å². The molecule has 0 aliphatic carbocycles. The summed E-state index contributed by atoms with van der Waals surface area (Å²) in [5, 5.41) is 1.42. The minimum absolute atomic E-state index is 0.436. The third-order valence-electron chi connectivity index (χ3n) is 2.14. The van der Waals surface area contributed by atoms with Gasteiger partial charge in [0.05, 0.1) is 5.69 Å². The van der Waals surface area contributed by atoms with Crippen LogP contribution < -0.4 is 11.2 Å². The smallest absolute Gasteiger partial charge is 0.333 e. The highest BCUT2D eigenvalue weighted by Crippen LogP contribution is 2.20. The second-order valence-corrected chi connectivity index (χ2v) is 3.01. The van der Waals surface area contributed by atoms with E-state index in [0.717, 1.165) is 12.1 Å². The molecule has 0 atom stereocenters. The molecule has 0 fully saturated rings. The van der Waals surface area contributed by atoms with Crippen LogP contribution in [-0.2, 0) is 6.42 Å². The fourth-order valence-corrected chi connectivity index (χ4v) is 1.45. The van der Waals surface area contributed by atoms with Crippen molar-refractivity contribution in [3.05, 3.63) is 29.8 Å². The number of hydrogen-bond acceptors (Lipinski definition) is 2. The molecule has 68 valence electrons. The number of urea groups is 1. The van der Waals surface area contributed by atoms with Crippen molar-refractivity contribution in [2.45, 2.75) is 6.42 Å². The Kier molecular flexibility index (Phi) is 1.81. The van der Waals surface area contributed by atoms with Crippen LogP contribution in [0.3, 0.4) is 0 Å². The zero-order chi connectivity index (χ0) is 9.26. The van der Waals surface area contributed by atoms with E-state index in [0.29, 0.717) is 6.54 Å². The van der Waals surface area contributed by atoms with Crippen LogP contribution in [0.15, 0.2) is 24.3 Å². The van der Waals surface area contributed by atoms with Gasteiger partial charge in [-0.2, -0.15) is 0 Å². The van der Waals surface area contributed by atoms with Gasteiger partial charge in [-0.1, -0.05) is 18.2 Å². The minimum Gasteiger partial charge on any atom is -0.350 e. The maximum absolute atomic E-state index is 10.8. The molecule has 0 radical (unpaired) electrons. The number of benzene rings is 1. The van der Waals surface area contributed by atoms with Crippen molar-refractivity contribution < 1.29 is 4.79 Å². The number of para-hydroxylation sites is 1. The Morgan fingerprint density at radius 1 is 1.46 bits per heavy atom. The Labute approximate surface area is 76.3 Å². The predicted molar refractivity (Wildman–Crippen MR) is 50.1 cm³/mol. The number of hydrazine groups is 1. The maximum Gasteiger partial charge on any atom is 0.333 e. The van der Waals surface area contributed by atoms with E-state index in [-0.39, 0.29) is 0 Å². The molecule has 1 aliphatic heterocycles. The number of primary amides is 1. The van der Waals surface area contributed by atoms with E-state index in [4.69, 9.17) is 5.73 Å². The summed E-state index contributed by atoms with van der Waals surface area (Å²) in [5.74, 6) is 0. The number of hydrogen-bond donors (Lipinski definition) is 2.